The van der Waals surface area contributed by atoms with Gasteiger partial charge in [-0.05, 0) is 23.8 Å². The van der Waals surface area contributed by atoms with Gasteiger partial charge in [0.25, 0.3) is 0 Å². The lowest BCUT2D eigenvalue weighted by molar-refractivity contribution is 0.174. The molecule has 5 nitrogen and oxygen atoms in total. The van der Waals surface area contributed by atoms with E-state index in [2.05, 4.69) is 10.2 Å². The Bertz CT molecular complexity index is 427. The second-order valence-corrected chi connectivity index (χ2v) is 3.55. The zero-order chi connectivity index (χ0) is 11.4. The summed E-state index contributed by atoms with van der Waals surface area (Å²) in [4.78, 5) is 1.82. The van der Waals surface area contributed by atoms with Crippen LogP contribution in [0.1, 0.15) is 5.56 Å². The lowest BCUT2D eigenvalue weighted by Crippen LogP contribution is -2.06. The average molecular weight is 219 g/mol. The van der Waals surface area contributed by atoms with E-state index in [-0.39, 0.29) is 6.79 Å². The first-order chi connectivity index (χ1) is 7.75. The molecule has 0 aliphatic carbocycles. The first kappa shape index (κ1) is 10.5. The fourth-order valence-corrected chi connectivity index (χ4v) is 1.23. The Morgan fingerprint density at radius 1 is 1.19 bits per heavy atom. The van der Waals surface area contributed by atoms with Crippen LogP contribution in [0.25, 0.3) is 0 Å². The van der Waals surface area contributed by atoms with Crippen LogP contribution in [0.5, 0.6) is 11.5 Å². The van der Waals surface area contributed by atoms with Crippen LogP contribution in [0.15, 0.2) is 28.4 Å². The topological polar surface area (TPSA) is 46.4 Å². The summed E-state index contributed by atoms with van der Waals surface area (Å²) in [6.45, 7) is 0.286. The molecule has 0 fully saturated rings. The van der Waals surface area contributed by atoms with Gasteiger partial charge in [-0.3, -0.25) is 0 Å². The van der Waals surface area contributed by atoms with Crippen molar-refractivity contribution in [3.8, 4) is 11.5 Å². The molecule has 0 saturated carbocycles. The molecule has 0 amide bonds. The molecule has 0 radical (unpaired) electrons. The molecule has 0 bridgehead atoms. The van der Waals surface area contributed by atoms with E-state index < -0.39 is 0 Å². The highest BCUT2D eigenvalue weighted by Gasteiger charge is 2.12. The van der Waals surface area contributed by atoms with E-state index in [1.807, 2.05) is 37.2 Å². The quantitative estimate of drug-likeness (QED) is 0.438. The van der Waals surface area contributed by atoms with E-state index in [4.69, 9.17) is 9.47 Å². The smallest absolute Gasteiger partial charge is 0.231 e. The van der Waals surface area contributed by atoms with Crippen LogP contribution in [0.3, 0.4) is 0 Å². The fourth-order valence-electron chi connectivity index (χ4n) is 1.23. The third-order valence-corrected chi connectivity index (χ3v) is 1.95. The van der Waals surface area contributed by atoms with Gasteiger partial charge >= 0.3 is 0 Å². The normalized spacial score (nSPS) is 13.9. The van der Waals surface area contributed by atoms with Gasteiger partial charge in [-0.2, -0.15) is 5.10 Å². The Labute approximate surface area is 94.0 Å². The molecule has 0 unspecified atom stereocenters. The van der Waals surface area contributed by atoms with E-state index in [0.29, 0.717) is 0 Å². The highest BCUT2D eigenvalue weighted by atomic mass is 16.7. The minimum Gasteiger partial charge on any atom is -0.454 e. The zero-order valence-corrected chi connectivity index (χ0v) is 9.25. The van der Waals surface area contributed by atoms with E-state index >= 15 is 0 Å². The molecule has 5 heteroatoms. The van der Waals surface area contributed by atoms with Crippen LogP contribution >= 0.6 is 0 Å². The van der Waals surface area contributed by atoms with E-state index in [1.165, 1.54) is 0 Å². The van der Waals surface area contributed by atoms with Gasteiger partial charge < -0.3 is 14.4 Å². The number of rotatable bonds is 3. The van der Waals surface area contributed by atoms with Crippen molar-refractivity contribution in [1.82, 2.24) is 4.90 Å². The maximum atomic E-state index is 5.25. The summed E-state index contributed by atoms with van der Waals surface area (Å²) in [5.41, 5.74) is 0.931. The number of fused-ring (bicyclic) bond motifs is 1. The Morgan fingerprint density at radius 3 is 2.81 bits per heavy atom. The number of nitrogens with zero attached hydrogens (tertiary/aromatic N) is 3. The lowest BCUT2D eigenvalue weighted by Gasteiger charge is -1.99. The molecule has 0 aromatic heterocycles. The van der Waals surface area contributed by atoms with Crippen molar-refractivity contribution in [2.45, 2.75) is 0 Å². The summed E-state index contributed by atoms with van der Waals surface area (Å²) in [6.07, 6.45) is 3.30. The average Bonchev–Trinajstić information content (AvgIpc) is 2.71. The fraction of sp³-hybridized carbons (Fsp3) is 0.273. The third kappa shape index (κ3) is 2.50. The Hall–Kier alpha value is -2.04. The molecule has 0 saturated heterocycles. The van der Waals surface area contributed by atoms with Crippen molar-refractivity contribution in [3.63, 3.8) is 0 Å². The molecule has 1 heterocycles. The van der Waals surface area contributed by atoms with Gasteiger partial charge in [0, 0.05) is 14.1 Å². The van der Waals surface area contributed by atoms with Gasteiger partial charge in [0.15, 0.2) is 11.5 Å². The van der Waals surface area contributed by atoms with Gasteiger partial charge in [-0.25, -0.2) is 0 Å². The van der Waals surface area contributed by atoms with Crippen molar-refractivity contribution in [2.75, 3.05) is 20.9 Å². The molecular weight excluding hydrogens is 206 g/mol. The van der Waals surface area contributed by atoms with E-state index in [0.717, 1.165) is 17.1 Å². The molecule has 16 heavy (non-hydrogen) atoms. The number of ether oxygens (including phenoxy) is 2. The van der Waals surface area contributed by atoms with Crippen LogP contribution in [0.2, 0.25) is 0 Å². The standard InChI is InChI=1S/C11H13N3O2/c1-14(2)7-13-12-6-9-3-4-10-11(5-9)16-8-15-10/h3-7H,8H2,1-2H3/b12-6+,13-7+. The summed E-state index contributed by atoms with van der Waals surface area (Å²) in [7, 11) is 3.78. The Balaban J connectivity index is 2.05. The minimum atomic E-state index is 0.286. The van der Waals surface area contributed by atoms with Gasteiger partial charge in [-0.1, -0.05) is 0 Å². The van der Waals surface area contributed by atoms with Crippen molar-refractivity contribution < 1.29 is 9.47 Å². The van der Waals surface area contributed by atoms with Crippen molar-refractivity contribution in [3.05, 3.63) is 23.8 Å². The summed E-state index contributed by atoms with van der Waals surface area (Å²) in [5.74, 6) is 1.52. The lowest BCUT2D eigenvalue weighted by atomic mass is 10.2. The summed E-state index contributed by atoms with van der Waals surface area (Å²) in [5, 5.41) is 7.77. The molecule has 1 aliphatic rings. The first-order valence-corrected chi connectivity index (χ1v) is 4.88. The van der Waals surface area contributed by atoms with Gasteiger partial charge in [0.2, 0.25) is 6.79 Å². The maximum absolute atomic E-state index is 5.25. The summed E-state index contributed by atoms with van der Waals surface area (Å²) >= 11 is 0. The second kappa shape index (κ2) is 4.65. The summed E-state index contributed by atoms with van der Waals surface area (Å²) in [6, 6.07) is 5.64. The molecular formula is C11H13N3O2. The van der Waals surface area contributed by atoms with Crippen molar-refractivity contribution in [1.29, 1.82) is 0 Å². The van der Waals surface area contributed by atoms with E-state index in [9.17, 15) is 0 Å². The van der Waals surface area contributed by atoms with Gasteiger partial charge in [0.1, 0.15) is 6.34 Å². The highest BCUT2D eigenvalue weighted by molar-refractivity contribution is 5.81. The summed E-state index contributed by atoms with van der Waals surface area (Å²) < 4.78 is 10.5. The van der Waals surface area contributed by atoms with Crippen LogP contribution in [0.4, 0.5) is 0 Å². The molecule has 2 rings (SSSR count). The largest absolute Gasteiger partial charge is 0.454 e. The highest BCUT2D eigenvalue weighted by Crippen LogP contribution is 2.31. The van der Waals surface area contributed by atoms with E-state index in [1.54, 1.807) is 12.6 Å². The number of hydrogen-bond acceptors (Lipinski definition) is 4. The monoisotopic (exact) mass is 219 g/mol. The van der Waals surface area contributed by atoms with Gasteiger partial charge in [-0.15, -0.1) is 5.10 Å². The third-order valence-electron chi connectivity index (χ3n) is 1.95. The SMILES string of the molecule is CN(C)/C=N/N=C/c1ccc2c(c1)OCO2. The van der Waals surface area contributed by atoms with Crippen molar-refractivity contribution >= 4 is 12.6 Å². The predicted molar refractivity (Wildman–Crippen MR) is 62.3 cm³/mol. The molecule has 0 atom stereocenters. The Morgan fingerprint density at radius 2 is 2.00 bits per heavy atom. The second-order valence-electron chi connectivity index (χ2n) is 3.55. The molecule has 1 aromatic carbocycles. The molecule has 84 valence electrons. The van der Waals surface area contributed by atoms with Crippen LogP contribution in [-0.2, 0) is 0 Å². The van der Waals surface area contributed by atoms with Crippen LogP contribution < -0.4 is 9.47 Å². The molecule has 0 spiro atoms. The number of hydrogen-bond donors (Lipinski definition) is 0. The van der Waals surface area contributed by atoms with Crippen LogP contribution in [-0.4, -0.2) is 38.3 Å². The van der Waals surface area contributed by atoms with Crippen molar-refractivity contribution in [2.24, 2.45) is 10.2 Å². The van der Waals surface area contributed by atoms with Gasteiger partial charge in [0.05, 0.1) is 6.21 Å². The predicted octanol–water partition coefficient (Wildman–Crippen LogP) is 1.34. The van der Waals surface area contributed by atoms with Crippen LogP contribution in [0, 0.1) is 0 Å². The first-order valence-electron chi connectivity index (χ1n) is 4.88. The molecule has 1 aliphatic heterocycles. The maximum Gasteiger partial charge on any atom is 0.231 e. The number of benzene rings is 1. The Kier molecular flexibility index (Phi) is 3.05. The minimum absolute atomic E-state index is 0.286. The molecule has 0 N–H and O–H groups in total. The zero-order valence-electron chi connectivity index (χ0n) is 9.25. The molecule has 1 aromatic rings.